The zero-order chi connectivity index (χ0) is 20.0. The molecule has 1 saturated heterocycles. The molecule has 0 aromatic heterocycles. The molecule has 2 atom stereocenters. The highest BCUT2D eigenvalue weighted by Crippen LogP contribution is 2.41. The van der Waals surface area contributed by atoms with Gasteiger partial charge in [0.05, 0.1) is 11.5 Å². The van der Waals surface area contributed by atoms with Crippen LogP contribution >= 0.6 is 0 Å². The largest absolute Gasteiger partial charge is 0.346 e. The van der Waals surface area contributed by atoms with E-state index in [9.17, 15) is 13.6 Å². The number of carbonyl (C=O) groups excluding carboxylic acids is 1. The summed E-state index contributed by atoms with van der Waals surface area (Å²) < 4.78 is 27.1. The SMILES string of the molecule is Cc1ccc([C@@]2(C)NC(=N)N(C)C(=O)[C@H]2c2ccc(C(C)(F)F)cc2)cc1. The molecule has 4 nitrogen and oxygen atoms in total. The third-order valence-corrected chi connectivity index (χ3v) is 5.27. The first kappa shape index (κ1) is 19.0. The Morgan fingerprint density at radius 1 is 1.11 bits per heavy atom. The van der Waals surface area contributed by atoms with E-state index in [0.717, 1.165) is 18.1 Å². The quantitative estimate of drug-likeness (QED) is 0.853. The van der Waals surface area contributed by atoms with E-state index in [1.54, 1.807) is 12.1 Å². The Hall–Kier alpha value is -2.76. The molecule has 2 N–H and O–H groups in total. The summed E-state index contributed by atoms with van der Waals surface area (Å²) in [6, 6.07) is 13.6. The Morgan fingerprint density at radius 3 is 2.19 bits per heavy atom. The maximum absolute atomic E-state index is 13.6. The lowest BCUT2D eigenvalue weighted by Gasteiger charge is -2.46. The summed E-state index contributed by atoms with van der Waals surface area (Å²) in [7, 11) is 1.54. The normalized spacial score (nSPS) is 23.3. The Balaban J connectivity index is 2.11. The van der Waals surface area contributed by atoms with Gasteiger partial charge in [-0.05, 0) is 25.0 Å². The summed E-state index contributed by atoms with van der Waals surface area (Å²) in [4.78, 5) is 14.3. The Labute approximate surface area is 157 Å². The molecule has 1 fully saturated rings. The molecule has 142 valence electrons. The summed E-state index contributed by atoms with van der Waals surface area (Å²) in [5.41, 5.74) is 1.60. The number of amides is 1. The topological polar surface area (TPSA) is 56.2 Å². The van der Waals surface area contributed by atoms with Gasteiger partial charge in [-0.3, -0.25) is 15.1 Å². The van der Waals surface area contributed by atoms with Crippen molar-refractivity contribution in [2.45, 2.75) is 38.2 Å². The maximum atomic E-state index is 13.6. The van der Waals surface area contributed by atoms with Crippen LogP contribution in [0.15, 0.2) is 48.5 Å². The highest BCUT2D eigenvalue weighted by Gasteiger charge is 2.48. The predicted octanol–water partition coefficient (Wildman–Crippen LogP) is 4.10. The molecule has 0 aliphatic carbocycles. The first-order chi connectivity index (χ1) is 12.5. The summed E-state index contributed by atoms with van der Waals surface area (Å²) in [5, 5.41) is 11.3. The van der Waals surface area contributed by atoms with Crippen molar-refractivity contribution in [2.24, 2.45) is 0 Å². The minimum Gasteiger partial charge on any atom is -0.346 e. The van der Waals surface area contributed by atoms with E-state index in [1.807, 2.05) is 38.1 Å². The molecular formula is C21H23F2N3O. The number of guanidine groups is 1. The number of nitrogens with zero attached hydrogens (tertiary/aromatic N) is 1. The van der Waals surface area contributed by atoms with Gasteiger partial charge < -0.3 is 5.32 Å². The van der Waals surface area contributed by atoms with Gasteiger partial charge in [-0.15, -0.1) is 0 Å². The molecule has 1 amide bonds. The second-order valence-electron chi connectivity index (χ2n) is 7.38. The number of hydrogen-bond donors (Lipinski definition) is 2. The van der Waals surface area contributed by atoms with Crippen LogP contribution in [0.1, 0.15) is 42.0 Å². The zero-order valence-corrected chi connectivity index (χ0v) is 15.8. The van der Waals surface area contributed by atoms with E-state index in [-0.39, 0.29) is 17.4 Å². The van der Waals surface area contributed by atoms with Crippen molar-refractivity contribution in [2.75, 3.05) is 7.05 Å². The Bertz CT molecular complexity index is 872. The fourth-order valence-corrected chi connectivity index (χ4v) is 3.54. The lowest BCUT2D eigenvalue weighted by atomic mass is 9.73. The van der Waals surface area contributed by atoms with Crippen molar-refractivity contribution in [1.82, 2.24) is 10.2 Å². The lowest BCUT2D eigenvalue weighted by molar-refractivity contribution is -0.131. The maximum Gasteiger partial charge on any atom is 0.270 e. The molecule has 0 bridgehead atoms. The lowest BCUT2D eigenvalue weighted by Crippen LogP contribution is -2.62. The van der Waals surface area contributed by atoms with E-state index < -0.39 is 17.4 Å². The van der Waals surface area contributed by atoms with E-state index in [1.165, 1.54) is 24.1 Å². The van der Waals surface area contributed by atoms with Gasteiger partial charge in [0.2, 0.25) is 5.91 Å². The van der Waals surface area contributed by atoms with Crippen LogP contribution < -0.4 is 5.32 Å². The van der Waals surface area contributed by atoms with Gasteiger partial charge in [-0.2, -0.15) is 0 Å². The van der Waals surface area contributed by atoms with Crippen LogP contribution in [0.25, 0.3) is 0 Å². The molecule has 1 heterocycles. The van der Waals surface area contributed by atoms with Gasteiger partial charge in [-0.1, -0.05) is 54.1 Å². The molecule has 6 heteroatoms. The molecule has 0 unspecified atom stereocenters. The first-order valence-corrected chi connectivity index (χ1v) is 8.74. The number of benzene rings is 2. The van der Waals surface area contributed by atoms with E-state index in [2.05, 4.69) is 5.32 Å². The molecule has 27 heavy (non-hydrogen) atoms. The highest BCUT2D eigenvalue weighted by atomic mass is 19.3. The van der Waals surface area contributed by atoms with Crippen molar-refractivity contribution in [3.05, 3.63) is 70.8 Å². The van der Waals surface area contributed by atoms with Crippen LogP contribution in [0, 0.1) is 12.3 Å². The summed E-state index contributed by atoms with van der Waals surface area (Å²) in [6.07, 6.45) is 0. The van der Waals surface area contributed by atoms with Gasteiger partial charge in [0, 0.05) is 19.5 Å². The van der Waals surface area contributed by atoms with Crippen LogP contribution in [0.5, 0.6) is 0 Å². The van der Waals surface area contributed by atoms with Gasteiger partial charge >= 0.3 is 0 Å². The first-order valence-electron chi connectivity index (χ1n) is 8.74. The van der Waals surface area contributed by atoms with Crippen LogP contribution in [0.4, 0.5) is 8.78 Å². The molecule has 2 aromatic rings. The van der Waals surface area contributed by atoms with Crippen molar-refractivity contribution in [3.8, 4) is 0 Å². The van der Waals surface area contributed by atoms with Crippen LogP contribution in [-0.4, -0.2) is 23.8 Å². The molecular weight excluding hydrogens is 348 g/mol. The van der Waals surface area contributed by atoms with E-state index >= 15 is 0 Å². The van der Waals surface area contributed by atoms with Gasteiger partial charge in [0.15, 0.2) is 5.96 Å². The monoisotopic (exact) mass is 371 g/mol. The molecule has 0 saturated carbocycles. The highest BCUT2D eigenvalue weighted by molar-refractivity contribution is 6.02. The minimum atomic E-state index is -2.94. The second kappa shape index (κ2) is 6.44. The van der Waals surface area contributed by atoms with E-state index in [4.69, 9.17) is 5.41 Å². The van der Waals surface area contributed by atoms with Gasteiger partial charge in [0.25, 0.3) is 5.92 Å². The third kappa shape index (κ3) is 3.31. The van der Waals surface area contributed by atoms with Crippen LogP contribution in [0.3, 0.4) is 0 Å². The number of hydrogen-bond acceptors (Lipinski definition) is 2. The predicted molar refractivity (Wildman–Crippen MR) is 101 cm³/mol. The summed E-state index contributed by atoms with van der Waals surface area (Å²) in [6.45, 7) is 4.69. The van der Waals surface area contributed by atoms with Crippen molar-refractivity contribution >= 4 is 11.9 Å². The molecule has 0 spiro atoms. The fraction of sp³-hybridized carbons (Fsp3) is 0.333. The number of rotatable bonds is 3. The van der Waals surface area contributed by atoms with Gasteiger partial charge in [0.1, 0.15) is 0 Å². The summed E-state index contributed by atoms with van der Waals surface area (Å²) in [5.74, 6) is -3.83. The second-order valence-corrected chi connectivity index (χ2v) is 7.38. The number of halogens is 2. The zero-order valence-electron chi connectivity index (χ0n) is 15.8. The minimum absolute atomic E-state index is 0.0102. The van der Waals surface area contributed by atoms with E-state index in [0.29, 0.717) is 5.56 Å². The number of carbonyl (C=O) groups is 1. The molecule has 1 aliphatic heterocycles. The number of aryl methyl sites for hydroxylation is 1. The fourth-order valence-electron chi connectivity index (χ4n) is 3.54. The van der Waals surface area contributed by atoms with Crippen molar-refractivity contribution < 1.29 is 13.6 Å². The number of alkyl halides is 2. The molecule has 1 aliphatic rings. The van der Waals surface area contributed by atoms with Crippen molar-refractivity contribution in [1.29, 1.82) is 5.41 Å². The van der Waals surface area contributed by atoms with Crippen molar-refractivity contribution in [3.63, 3.8) is 0 Å². The average molecular weight is 371 g/mol. The van der Waals surface area contributed by atoms with Gasteiger partial charge in [-0.25, -0.2) is 8.78 Å². The standard InChI is InChI=1S/C21H23F2N3O/c1-13-5-9-15(10-6-13)20(2)17(18(27)26(4)19(24)25-20)14-7-11-16(12-8-14)21(3,22)23/h5-12,17H,1-4H3,(H2,24,25)/t17-,20-/m1/s1. The average Bonchev–Trinajstić information content (AvgIpc) is 2.60. The number of likely N-dealkylation sites (N-methyl/N-ethyl adjacent to an activating group) is 1. The Kier molecular flexibility index (Phi) is 4.54. The van der Waals surface area contributed by atoms with Crippen LogP contribution in [-0.2, 0) is 16.3 Å². The summed E-state index contributed by atoms with van der Waals surface area (Å²) >= 11 is 0. The third-order valence-electron chi connectivity index (χ3n) is 5.27. The molecule has 0 radical (unpaired) electrons. The number of nitrogens with one attached hydrogen (secondary N) is 2. The van der Waals surface area contributed by atoms with Crippen LogP contribution in [0.2, 0.25) is 0 Å². The molecule has 3 rings (SSSR count). The molecule has 2 aromatic carbocycles. The smallest absolute Gasteiger partial charge is 0.270 e. The Morgan fingerprint density at radius 2 is 1.67 bits per heavy atom.